The highest BCUT2D eigenvalue weighted by Gasteiger charge is 1.93. The number of hydrogen-bond donors (Lipinski definition) is 1. The second-order valence-electron chi connectivity index (χ2n) is 4.00. The molecule has 0 atom stereocenters. The lowest BCUT2D eigenvalue weighted by Crippen LogP contribution is -2.20. The number of hydrogen-bond acceptors (Lipinski definition) is 3. The Hall–Kier alpha value is -0.900. The van der Waals surface area contributed by atoms with Gasteiger partial charge >= 0.3 is 0 Å². The van der Waals surface area contributed by atoms with Crippen LogP contribution in [0.1, 0.15) is 26.7 Å². The molecular formula is C10H20N4. The topological polar surface area (TPSA) is 42.7 Å². The van der Waals surface area contributed by atoms with E-state index in [9.17, 15) is 0 Å². The average Bonchev–Trinajstić information content (AvgIpc) is 2.63. The van der Waals surface area contributed by atoms with Crippen LogP contribution in [0.3, 0.4) is 0 Å². The lowest BCUT2D eigenvalue weighted by Gasteiger charge is -2.06. The van der Waals surface area contributed by atoms with Crippen molar-refractivity contribution in [1.82, 2.24) is 20.1 Å². The molecule has 1 heterocycles. The second kappa shape index (κ2) is 6.54. The van der Waals surface area contributed by atoms with Crippen molar-refractivity contribution in [3.05, 3.63) is 12.7 Å². The van der Waals surface area contributed by atoms with Gasteiger partial charge in [0.2, 0.25) is 0 Å². The molecule has 0 aliphatic carbocycles. The molecule has 0 saturated heterocycles. The summed E-state index contributed by atoms with van der Waals surface area (Å²) in [6, 6.07) is 0. The van der Waals surface area contributed by atoms with Gasteiger partial charge in [-0.2, -0.15) is 0 Å². The van der Waals surface area contributed by atoms with Crippen LogP contribution in [0.25, 0.3) is 0 Å². The fourth-order valence-electron chi connectivity index (χ4n) is 1.27. The molecule has 4 heteroatoms. The number of aromatic nitrogens is 3. The minimum absolute atomic E-state index is 0.743. The first-order valence-electron chi connectivity index (χ1n) is 5.32. The van der Waals surface area contributed by atoms with Crippen molar-refractivity contribution < 1.29 is 0 Å². The van der Waals surface area contributed by atoms with Crippen LogP contribution < -0.4 is 5.32 Å². The highest BCUT2D eigenvalue weighted by atomic mass is 15.2. The van der Waals surface area contributed by atoms with Crippen LogP contribution in [0.15, 0.2) is 12.7 Å². The summed E-state index contributed by atoms with van der Waals surface area (Å²) in [5, 5.41) is 10.9. The van der Waals surface area contributed by atoms with Crippen LogP contribution in [0.4, 0.5) is 0 Å². The minimum atomic E-state index is 0.743. The van der Waals surface area contributed by atoms with E-state index in [0.717, 1.165) is 25.6 Å². The van der Waals surface area contributed by atoms with Crippen molar-refractivity contribution in [2.75, 3.05) is 13.1 Å². The largest absolute Gasteiger partial charge is 0.320 e. The summed E-state index contributed by atoms with van der Waals surface area (Å²) >= 11 is 0. The Bertz CT molecular complexity index is 218. The fraction of sp³-hybridized carbons (Fsp3) is 0.800. The number of nitrogens with zero attached hydrogens (tertiary/aromatic N) is 3. The van der Waals surface area contributed by atoms with Crippen molar-refractivity contribution in [2.24, 2.45) is 5.92 Å². The molecule has 0 radical (unpaired) electrons. The predicted octanol–water partition coefficient (Wildman–Crippen LogP) is 1.30. The first-order valence-corrected chi connectivity index (χ1v) is 5.32. The van der Waals surface area contributed by atoms with Gasteiger partial charge in [0.1, 0.15) is 12.7 Å². The molecule has 0 aliphatic rings. The van der Waals surface area contributed by atoms with Crippen molar-refractivity contribution in [1.29, 1.82) is 0 Å². The normalized spacial score (nSPS) is 11.1. The van der Waals surface area contributed by atoms with Gasteiger partial charge in [-0.25, -0.2) is 0 Å². The molecule has 1 aromatic heterocycles. The van der Waals surface area contributed by atoms with Crippen LogP contribution in [0, 0.1) is 5.92 Å². The third kappa shape index (κ3) is 4.97. The van der Waals surface area contributed by atoms with E-state index in [1.165, 1.54) is 12.8 Å². The van der Waals surface area contributed by atoms with Crippen molar-refractivity contribution >= 4 is 0 Å². The summed E-state index contributed by atoms with van der Waals surface area (Å²) < 4.78 is 2.02. The molecule has 0 saturated carbocycles. The molecule has 1 aromatic rings. The van der Waals surface area contributed by atoms with Crippen LogP contribution in [0.2, 0.25) is 0 Å². The lowest BCUT2D eigenvalue weighted by atomic mass is 10.2. The van der Waals surface area contributed by atoms with Gasteiger partial charge in [0, 0.05) is 6.54 Å². The molecular weight excluding hydrogens is 176 g/mol. The maximum atomic E-state index is 3.76. The molecule has 0 aromatic carbocycles. The summed E-state index contributed by atoms with van der Waals surface area (Å²) in [5.41, 5.74) is 0. The predicted molar refractivity (Wildman–Crippen MR) is 57.0 cm³/mol. The Morgan fingerprint density at radius 3 is 2.57 bits per heavy atom. The summed E-state index contributed by atoms with van der Waals surface area (Å²) in [4.78, 5) is 0. The van der Waals surface area contributed by atoms with Gasteiger partial charge in [-0.1, -0.05) is 13.8 Å². The summed E-state index contributed by atoms with van der Waals surface area (Å²) in [5.74, 6) is 0.743. The second-order valence-corrected chi connectivity index (χ2v) is 4.00. The fourth-order valence-corrected chi connectivity index (χ4v) is 1.27. The molecule has 0 spiro atoms. The Balaban J connectivity index is 1.90. The minimum Gasteiger partial charge on any atom is -0.320 e. The number of rotatable bonds is 7. The van der Waals surface area contributed by atoms with E-state index < -0.39 is 0 Å². The number of unbranched alkanes of at least 4 members (excludes halogenated alkanes) is 1. The van der Waals surface area contributed by atoms with Crippen molar-refractivity contribution in [3.63, 3.8) is 0 Å². The Kier molecular flexibility index (Phi) is 5.22. The standard InChI is InChI=1S/C10H20N4/c1-10(2)7-11-5-3-4-6-14-8-12-13-9-14/h8-11H,3-7H2,1-2H3. The SMILES string of the molecule is CC(C)CNCCCCn1cnnc1. The molecule has 14 heavy (non-hydrogen) atoms. The van der Waals surface area contributed by atoms with E-state index in [-0.39, 0.29) is 0 Å². The quantitative estimate of drug-likeness (QED) is 0.668. The van der Waals surface area contributed by atoms with E-state index >= 15 is 0 Å². The summed E-state index contributed by atoms with van der Waals surface area (Å²) in [6.45, 7) is 7.71. The Morgan fingerprint density at radius 2 is 1.93 bits per heavy atom. The van der Waals surface area contributed by atoms with E-state index in [0.29, 0.717) is 0 Å². The zero-order valence-electron chi connectivity index (χ0n) is 9.11. The van der Waals surface area contributed by atoms with Gasteiger partial charge < -0.3 is 9.88 Å². The van der Waals surface area contributed by atoms with E-state index in [2.05, 4.69) is 29.4 Å². The first kappa shape index (κ1) is 11.2. The van der Waals surface area contributed by atoms with Crippen LogP contribution in [-0.2, 0) is 6.54 Å². The highest BCUT2D eigenvalue weighted by molar-refractivity contribution is 4.60. The third-order valence-electron chi connectivity index (χ3n) is 2.04. The number of nitrogens with one attached hydrogen (secondary N) is 1. The van der Waals surface area contributed by atoms with Gasteiger partial charge in [0.15, 0.2) is 0 Å². The van der Waals surface area contributed by atoms with Crippen LogP contribution in [-0.4, -0.2) is 27.9 Å². The zero-order chi connectivity index (χ0) is 10.2. The van der Waals surface area contributed by atoms with E-state index in [1.807, 2.05) is 4.57 Å². The molecule has 0 amide bonds. The van der Waals surface area contributed by atoms with E-state index in [1.54, 1.807) is 12.7 Å². The average molecular weight is 196 g/mol. The molecule has 80 valence electrons. The van der Waals surface area contributed by atoms with Gasteiger partial charge in [0.05, 0.1) is 0 Å². The van der Waals surface area contributed by atoms with Gasteiger partial charge in [0.25, 0.3) is 0 Å². The molecule has 0 unspecified atom stereocenters. The maximum absolute atomic E-state index is 3.76. The van der Waals surface area contributed by atoms with Gasteiger partial charge in [-0.3, -0.25) is 0 Å². The lowest BCUT2D eigenvalue weighted by molar-refractivity contribution is 0.519. The number of aryl methyl sites for hydroxylation is 1. The van der Waals surface area contributed by atoms with Gasteiger partial charge in [-0.15, -0.1) is 10.2 Å². The van der Waals surface area contributed by atoms with E-state index in [4.69, 9.17) is 0 Å². The monoisotopic (exact) mass is 196 g/mol. The molecule has 0 bridgehead atoms. The Morgan fingerprint density at radius 1 is 1.21 bits per heavy atom. The smallest absolute Gasteiger partial charge is 0.119 e. The molecule has 1 N–H and O–H groups in total. The Labute approximate surface area is 85.7 Å². The maximum Gasteiger partial charge on any atom is 0.119 e. The summed E-state index contributed by atoms with van der Waals surface area (Å²) in [7, 11) is 0. The molecule has 4 nitrogen and oxygen atoms in total. The molecule has 1 rings (SSSR count). The molecule has 0 fully saturated rings. The van der Waals surface area contributed by atoms with Crippen molar-refractivity contribution in [3.8, 4) is 0 Å². The highest BCUT2D eigenvalue weighted by Crippen LogP contribution is 1.93. The first-order chi connectivity index (χ1) is 6.79. The molecule has 0 aliphatic heterocycles. The zero-order valence-corrected chi connectivity index (χ0v) is 9.11. The van der Waals surface area contributed by atoms with Crippen molar-refractivity contribution in [2.45, 2.75) is 33.2 Å². The van der Waals surface area contributed by atoms with Crippen LogP contribution in [0.5, 0.6) is 0 Å². The summed E-state index contributed by atoms with van der Waals surface area (Å²) in [6.07, 6.45) is 5.93. The van der Waals surface area contributed by atoms with Crippen LogP contribution >= 0.6 is 0 Å². The third-order valence-corrected chi connectivity index (χ3v) is 2.04. The van der Waals surface area contributed by atoms with Gasteiger partial charge in [-0.05, 0) is 31.8 Å².